The molecule has 164 valence electrons. The van der Waals surface area contributed by atoms with Crippen LogP contribution < -0.4 is 4.90 Å². The topological polar surface area (TPSA) is 74.8 Å². The lowest BCUT2D eigenvalue weighted by Crippen LogP contribution is -2.32. The average Bonchev–Trinajstić information content (AvgIpc) is 3.39. The van der Waals surface area contributed by atoms with E-state index in [1.54, 1.807) is 17.5 Å². The minimum absolute atomic E-state index is 0.00994. The van der Waals surface area contributed by atoms with Crippen molar-refractivity contribution in [3.05, 3.63) is 81.5 Å². The molecule has 2 amide bonds. The van der Waals surface area contributed by atoms with Crippen LogP contribution in [0.1, 0.15) is 38.4 Å². The van der Waals surface area contributed by atoms with Crippen LogP contribution in [0.4, 0.5) is 14.5 Å². The van der Waals surface area contributed by atoms with Crippen molar-refractivity contribution in [3.63, 3.8) is 0 Å². The first-order chi connectivity index (χ1) is 15.3. The number of hydrogen-bond donors (Lipinski definition) is 0. The summed E-state index contributed by atoms with van der Waals surface area (Å²) in [5.74, 6) is -2.96. The van der Waals surface area contributed by atoms with Crippen molar-refractivity contribution in [3.8, 4) is 0 Å². The molecular formula is C22H16F2N2O4S2. The summed E-state index contributed by atoms with van der Waals surface area (Å²) in [4.78, 5) is 27.7. The molecule has 0 atom stereocenters. The van der Waals surface area contributed by atoms with Gasteiger partial charge in [0.25, 0.3) is 21.8 Å². The lowest BCUT2D eigenvalue weighted by Gasteiger charge is -2.23. The first-order valence-electron chi connectivity index (χ1n) is 9.79. The van der Waals surface area contributed by atoms with Crippen molar-refractivity contribution in [1.82, 2.24) is 4.31 Å². The molecule has 6 nitrogen and oxygen atoms in total. The van der Waals surface area contributed by atoms with E-state index in [0.717, 1.165) is 26.2 Å². The molecule has 2 aromatic carbocycles. The van der Waals surface area contributed by atoms with Gasteiger partial charge in [-0.3, -0.25) is 9.59 Å². The Hall–Kier alpha value is -3.11. The van der Waals surface area contributed by atoms with Crippen molar-refractivity contribution < 1.29 is 26.8 Å². The fraction of sp³-hybridized carbons (Fsp3) is 0.182. The van der Waals surface area contributed by atoms with Crippen molar-refractivity contribution in [2.24, 2.45) is 0 Å². The number of rotatable bonds is 5. The number of hydrogen-bond acceptors (Lipinski definition) is 5. The highest BCUT2D eigenvalue weighted by molar-refractivity contribution is 7.90. The Balaban J connectivity index is 1.56. The summed E-state index contributed by atoms with van der Waals surface area (Å²) in [6, 6.07) is 9.94. The van der Waals surface area contributed by atoms with Gasteiger partial charge in [0.1, 0.15) is 16.5 Å². The highest BCUT2D eigenvalue weighted by atomic mass is 32.2. The van der Waals surface area contributed by atoms with Gasteiger partial charge in [-0.2, -0.15) is 0 Å². The molecule has 2 aliphatic rings. The maximum Gasteiger partial charge on any atom is 0.269 e. The Bertz CT molecular complexity index is 1350. The smallest absolute Gasteiger partial charge is 0.269 e. The second kappa shape index (κ2) is 7.49. The Labute approximate surface area is 186 Å². The molecule has 32 heavy (non-hydrogen) atoms. The van der Waals surface area contributed by atoms with E-state index in [0.29, 0.717) is 18.9 Å². The predicted molar refractivity (Wildman–Crippen MR) is 114 cm³/mol. The third kappa shape index (κ3) is 3.39. The number of halogens is 2. The number of nitrogens with zero attached hydrogens (tertiary/aromatic N) is 2. The summed E-state index contributed by atoms with van der Waals surface area (Å²) < 4.78 is 54.7. The zero-order valence-corrected chi connectivity index (χ0v) is 18.1. The van der Waals surface area contributed by atoms with Gasteiger partial charge in [-0.25, -0.2) is 21.5 Å². The zero-order chi connectivity index (χ0) is 22.6. The quantitative estimate of drug-likeness (QED) is 0.556. The van der Waals surface area contributed by atoms with E-state index in [-0.39, 0.29) is 34.3 Å². The van der Waals surface area contributed by atoms with Crippen LogP contribution in [0.3, 0.4) is 0 Å². The van der Waals surface area contributed by atoms with Crippen LogP contribution >= 0.6 is 11.3 Å². The molecule has 3 aromatic rings. The van der Waals surface area contributed by atoms with Gasteiger partial charge >= 0.3 is 0 Å². The first-order valence-corrected chi connectivity index (χ1v) is 12.1. The molecule has 5 rings (SSSR count). The number of anilines is 1. The van der Waals surface area contributed by atoms with Gasteiger partial charge in [0.15, 0.2) is 0 Å². The molecule has 0 radical (unpaired) electrons. The van der Waals surface area contributed by atoms with E-state index >= 15 is 0 Å². The molecule has 1 aromatic heterocycles. The van der Waals surface area contributed by atoms with Gasteiger partial charge in [-0.1, -0.05) is 6.07 Å². The molecule has 0 bridgehead atoms. The number of thiophene rings is 1. The molecule has 1 saturated carbocycles. The number of sulfonamides is 1. The van der Waals surface area contributed by atoms with Crippen LogP contribution in [0.5, 0.6) is 0 Å². The Morgan fingerprint density at radius 1 is 1.12 bits per heavy atom. The minimum atomic E-state index is -4.05. The summed E-state index contributed by atoms with van der Waals surface area (Å²) in [6.07, 6.45) is 1.23. The van der Waals surface area contributed by atoms with E-state index in [1.807, 2.05) is 0 Å². The number of fused-ring (bicyclic) bond motifs is 1. The van der Waals surface area contributed by atoms with Gasteiger partial charge < -0.3 is 4.90 Å². The zero-order valence-electron chi connectivity index (χ0n) is 16.5. The maximum absolute atomic E-state index is 14.6. The minimum Gasteiger partial charge on any atom is -0.300 e. The molecule has 1 aliphatic heterocycles. The fourth-order valence-electron chi connectivity index (χ4n) is 3.73. The second-order valence-corrected chi connectivity index (χ2v) is 10.4. The van der Waals surface area contributed by atoms with Crippen LogP contribution in [0, 0.1) is 11.6 Å². The number of amides is 2. The molecule has 1 aliphatic carbocycles. The normalized spacial score (nSPS) is 16.8. The molecule has 10 heteroatoms. The van der Waals surface area contributed by atoms with Crippen LogP contribution in [0.15, 0.2) is 58.8 Å². The van der Waals surface area contributed by atoms with E-state index in [9.17, 15) is 26.8 Å². The Kier molecular flexibility index (Phi) is 4.86. The van der Waals surface area contributed by atoms with Crippen molar-refractivity contribution in [1.29, 1.82) is 0 Å². The van der Waals surface area contributed by atoms with Crippen molar-refractivity contribution in [2.75, 3.05) is 4.90 Å². The number of carbonyl (C=O) groups excluding carboxylic acids is 2. The molecule has 0 spiro atoms. The summed E-state index contributed by atoms with van der Waals surface area (Å²) >= 11 is 1.36. The first kappa shape index (κ1) is 20.8. The van der Waals surface area contributed by atoms with Crippen LogP contribution in [0.25, 0.3) is 0 Å². The fourth-order valence-corrected chi connectivity index (χ4v) is 6.26. The van der Waals surface area contributed by atoms with Gasteiger partial charge in [0, 0.05) is 22.5 Å². The standard InChI is InChI=1S/C22H16F2N2O4S2/c23-14-4-8-19(18(24)11-14)25(12-16-2-1-9-31-16)21(27)13-3-7-17-20(10-13)32(29,30)26(22(17)28)15-5-6-15/h1-4,7-11,15H,5-6,12H2. The molecule has 1 fully saturated rings. The van der Waals surface area contributed by atoms with Gasteiger partial charge in [0.2, 0.25) is 0 Å². The molecule has 0 saturated heterocycles. The van der Waals surface area contributed by atoms with Crippen molar-refractivity contribution >= 4 is 38.9 Å². The Morgan fingerprint density at radius 2 is 1.91 bits per heavy atom. The molecule has 0 unspecified atom stereocenters. The lowest BCUT2D eigenvalue weighted by molar-refractivity contribution is 0.0864. The van der Waals surface area contributed by atoms with E-state index in [2.05, 4.69) is 0 Å². The summed E-state index contributed by atoms with van der Waals surface area (Å²) in [7, 11) is -4.05. The van der Waals surface area contributed by atoms with Gasteiger partial charge in [-0.05, 0) is 54.6 Å². The van der Waals surface area contributed by atoms with E-state index in [1.165, 1.54) is 29.5 Å². The summed E-state index contributed by atoms with van der Waals surface area (Å²) in [5.41, 5.74) is -0.131. The largest absolute Gasteiger partial charge is 0.300 e. The molecule has 0 N–H and O–H groups in total. The van der Waals surface area contributed by atoms with Crippen LogP contribution in [-0.4, -0.2) is 30.6 Å². The van der Waals surface area contributed by atoms with Crippen molar-refractivity contribution in [2.45, 2.75) is 30.3 Å². The van der Waals surface area contributed by atoms with Gasteiger partial charge in [0.05, 0.1) is 17.8 Å². The highest BCUT2D eigenvalue weighted by Gasteiger charge is 2.49. The lowest BCUT2D eigenvalue weighted by atomic mass is 10.1. The van der Waals surface area contributed by atoms with Gasteiger partial charge in [-0.15, -0.1) is 11.3 Å². The Morgan fingerprint density at radius 3 is 2.56 bits per heavy atom. The third-order valence-electron chi connectivity index (χ3n) is 5.41. The monoisotopic (exact) mass is 474 g/mol. The maximum atomic E-state index is 14.6. The molecule has 2 heterocycles. The summed E-state index contributed by atoms with van der Waals surface area (Å²) in [5, 5.41) is 1.80. The van der Waals surface area contributed by atoms with Crippen LogP contribution in [-0.2, 0) is 16.6 Å². The SMILES string of the molecule is O=C(c1ccc2c(c1)S(=O)(=O)N(C1CC1)C2=O)N(Cc1cccs1)c1ccc(F)cc1F. The predicted octanol–water partition coefficient (Wildman–Crippen LogP) is 4.18. The third-order valence-corrected chi connectivity index (χ3v) is 8.15. The molecular weight excluding hydrogens is 458 g/mol. The average molecular weight is 475 g/mol. The van der Waals surface area contributed by atoms with E-state index < -0.39 is 33.5 Å². The summed E-state index contributed by atoms with van der Waals surface area (Å²) in [6.45, 7) is 0.00994. The second-order valence-electron chi connectivity index (χ2n) is 7.61. The van der Waals surface area contributed by atoms with E-state index in [4.69, 9.17) is 0 Å². The number of benzene rings is 2. The highest BCUT2D eigenvalue weighted by Crippen LogP contribution is 2.40. The number of carbonyl (C=O) groups is 2. The van der Waals surface area contributed by atoms with Crippen LogP contribution in [0.2, 0.25) is 0 Å².